The molecule has 0 spiro atoms. The second kappa shape index (κ2) is 5.62. The van der Waals surface area contributed by atoms with Crippen LogP contribution in [0.4, 0.5) is 0 Å². The Morgan fingerprint density at radius 3 is 3.00 bits per heavy atom. The molecule has 0 aliphatic rings. The zero-order valence-electron chi connectivity index (χ0n) is 8.61. The maximum atomic E-state index is 11.8. The zero-order chi connectivity index (χ0) is 12.3. The van der Waals surface area contributed by atoms with Gasteiger partial charge >= 0.3 is 0 Å². The number of carbonyl (C=O) groups is 1. The standard InChI is InChI=1S/C11H8BrClN2OS/c12-8-2-4-17-10(8)6-15-11(16)7-1-3-14-5-9(7)13/h1-5H,6H2,(H,15,16). The summed E-state index contributed by atoms with van der Waals surface area (Å²) in [5.74, 6) is -0.197. The first kappa shape index (κ1) is 12.5. The number of pyridine rings is 1. The maximum absolute atomic E-state index is 11.8. The predicted octanol–water partition coefficient (Wildman–Crippen LogP) is 3.49. The predicted molar refractivity (Wildman–Crippen MR) is 72.4 cm³/mol. The van der Waals surface area contributed by atoms with Crippen molar-refractivity contribution in [2.75, 3.05) is 0 Å². The summed E-state index contributed by atoms with van der Waals surface area (Å²) < 4.78 is 1.00. The molecule has 2 heterocycles. The first-order valence-corrected chi connectivity index (χ1v) is 6.83. The van der Waals surface area contributed by atoms with Crippen molar-refractivity contribution in [1.29, 1.82) is 0 Å². The molecule has 0 aliphatic carbocycles. The van der Waals surface area contributed by atoms with Crippen molar-refractivity contribution in [3.05, 3.63) is 49.8 Å². The molecule has 0 aromatic carbocycles. The van der Waals surface area contributed by atoms with E-state index in [0.717, 1.165) is 9.35 Å². The summed E-state index contributed by atoms with van der Waals surface area (Å²) >= 11 is 10.9. The summed E-state index contributed by atoms with van der Waals surface area (Å²) in [6.07, 6.45) is 3.00. The molecule has 0 fully saturated rings. The quantitative estimate of drug-likeness (QED) is 0.935. The number of amides is 1. The van der Waals surface area contributed by atoms with Crippen molar-refractivity contribution in [3.63, 3.8) is 0 Å². The van der Waals surface area contributed by atoms with Gasteiger partial charge in [-0.3, -0.25) is 9.78 Å². The Bertz CT molecular complexity index is 544. The lowest BCUT2D eigenvalue weighted by Crippen LogP contribution is -2.22. The second-order valence-electron chi connectivity index (χ2n) is 3.23. The van der Waals surface area contributed by atoms with Crippen LogP contribution < -0.4 is 5.32 Å². The topological polar surface area (TPSA) is 42.0 Å². The number of rotatable bonds is 3. The second-order valence-corrected chi connectivity index (χ2v) is 5.49. The van der Waals surface area contributed by atoms with E-state index in [0.29, 0.717) is 17.1 Å². The van der Waals surface area contributed by atoms with Gasteiger partial charge in [0.15, 0.2) is 0 Å². The average molecular weight is 332 g/mol. The Morgan fingerprint density at radius 2 is 2.35 bits per heavy atom. The third-order valence-electron chi connectivity index (χ3n) is 2.12. The minimum atomic E-state index is -0.197. The summed E-state index contributed by atoms with van der Waals surface area (Å²) in [6, 6.07) is 3.55. The Morgan fingerprint density at radius 1 is 1.53 bits per heavy atom. The third-order valence-corrected chi connectivity index (χ3v) is 4.35. The van der Waals surface area contributed by atoms with Crippen molar-refractivity contribution in [1.82, 2.24) is 10.3 Å². The van der Waals surface area contributed by atoms with Crippen LogP contribution in [0, 0.1) is 0 Å². The SMILES string of the molecule is O=C(NCc1sccc1Br)c1ccncc1Cl. The van der Waals surface area contributed by atoms with Crippen LogP contribution in [0.15, 0.2) is 34.4 Å². The smallest absolute Gasteiger partial charge is 0.253 e. The third kappa shape index (κ3) is 3.06. The molecule has 0 saturated heterocycles. The van der Waals surface area contributed by atoms with Crippen LogP contribution in [0.2, 0.25) is 5.02 Å². The summed E-state index contributed by atoms with van der Waals surface area (Å²) in [5.41, 5.74) is 0.439. The Kier molecular flexibility index (Phi) is 4.15. The molecule has 0 aliphatic heterocycles. The number of halogens is 2. The van der Waals surface area contributed by atoms with Gasteiger partial charge in [-0.1, -0.05) is 11.6 Å². The van der Waals surface area contributed by atoms with E-state index in [1.165, 1.54) is 6.20 Å². The van der Waals surface area contributed by atoms with Crippen LogP contribution in [0.3, 0.4) is 0 Å². The number of nitrogens with one attached hydrogen (secondary N) is 1. The average Bonchev–Trinajstić information content (AvgIpc) is 2.72. The minimum absolute atomic E-state index is 0.197. The molecule has 2 aromatic rings. The first-order valence-electron chi connectivity index (χ1n) is 4.78. The molecule has 1 amide bonds. The van der Waals surface area contributed by atoms with E-state index < -0.39 is 0 Å². The van der Waals surface area contributed by atoms with E-state index in [1.54, 1.807) is 23.6 Å². The summed E-state index contributed by atoms with van der Waals surface area (Å²) in [5, 5.41) is 5.13. The largest absolute Gasteiger partial charge is 0.347 e. The van der Waals surface area contributed by atoms with E-state index >= 15 is 0 Å². The number of aromatic nitrogens is 1. The molecule has 0 unspecified atom stereocenters. The first-order chi connectivity index (χ1) is 8.18. The molecule has 3 nitrogen and oxygen atoms in total. The normalized spacial score (nSPS) is 10.2. The van der Waals surface area contributed by atoms with Gasteiger partial charge in [-0.05, 0) is 33.4 Å². The van der Waals surface area contributed by atoms with Gasteiger partial charge in [0.2, 0.25) is 0 Å². The number of carbonyl (C=O) groups excluding carboxylic acids is 1. The van der Waals surface area contributed by atoms with Crippen molar-refractivity contribution in [3.8, 4) is 0 Å². The van der Waals surface area contributed by atoms with E-state index in [2.05, 4.69) is 26.2 Å². The number of thiophene rings is 1. The molecular formula is C11H8BrClN2OS. The van der Waals surface area contributed by atoms with E-state index in [4.69, 9.17) is 11.6 Å². The summed E-state index contributed by atoms with van der Waals surface area (Å²) in [7, 11) is 0. The molecule has 17 heavy (non-hydrogen) atoms. The van der Waals surface area contributed by atoms with Crippen LogP contribution in [0.5, 0.6) is 0 Å². The van der Waals surface area contributed by atoms with E-state index in [9.17, 15) is 4.79 Å². The van der Waals surface area contributed by atoms with Gasteiger partial charge in [0.1, 0.15) is 0 Å². The van der Waals surface area contributed by atoms with Crippen LogP contribution in [-0.4, -0.2) is 10.9 Å². The highest BCUT2D eigenvalue weighted by molar-refractivity contribution is 9.10. The lowest BCUT2D eigenvalue weighted by molar-refractivity contribution is 0.0951. The van der Waals surface area contributed by atoms with Crippen molar-refractivity contribution in [2.24, 2.45) is 0 Å². The number of hydrogen-bond acceptors (Lipinski definition) is 3. The molecule has 0 saturated carbocycles. The van der Waals surface area contributed by atoms with Gasteiger partial charge in [0.25, 0.3) is 5.91 Å². The fraction of sp³-hybridized carbons (Fsp3) is 0.0909. The zero-order valence-corrected chi connectivity index (χ0v) is 11.8. The number of hydrogen-bond donors (Lipinski definition) is 1. The van der Waals surface area contributed by atoms with Gasteiger partial charge in [-0.2, -0.15) is 0 Å². The highest BCUT2D eigenvalue weighted by Crippen LogP contribution is 2.22. The van der Waals surface area contributed by atoms with Gasteiger partial charge < -0.3 is 5.32 Å². The summed E-state index contributed by atoms with van der Waals surface area (Å²) in [6.45, 7) is 0.482. The lowest BCUT2D eigenvalue weighted by atomic mass is 10.2. The van der Waals surface area contributed by atoms with Gasteiger partial charge in [-0.15, -0.1) is 11.3 Å². The molecule has 88 valence electrons. The molecule has 0 radical (unpaired) electrons. The fourth-order valence-corrected chi connectivity index (χ4v) is 2.90. The molecule has 2 aromatic heterocycles. The Balaban J connectivity index is 2.04. The van der Waals surface area contributed by atoms with Gasteiger partial charge in [0, 0.05) is 21.7 Å². The molecule has 6 heteroatoms. The molecule has 2 rings (SSSR count). The van der Waals surface area contributed by atoms with E-state index in [1.807, 2.05) is 11.4 Å². The van der Waals surface area contributed by atoms with Crippen molar-refractivity contribution in [2.45, 2.75) is 6.54 Å². The van der Waals surface area contributed by atoms with Crippen molar-refractivity contribution < 1.29 is 4.79 Å². The van der Waals surface area contributed by atoms with Gasteiger partial charge in [0.05, 0.1) is 17.1 Å². The molecule has 0 atom stereocenters. The minimum Gasteiger partial charge on any atom is -0.347 e. The van der Waals surface area contributed by atoms with Crippen LogP contribution in [0.1, 0.15) is 15.2 Å². The summed E-state index contributed by atoms with van der Waals surface area (Å²) in [4.78, 5) is 16.7. The maximum Gasteiger partial charge on any atom is 0.253 e. The van der Waals surface area contributed by atoms with Crippen LogP contribution >= 0.6 is 38.9 Å². The molecular weight excluding hydrogens is 324 g/mol. The number of nitrogens with zero attached hydrogens (tertiary/aromatic N) is 1. The lowest BCUT2D eigenvalue weighted by Gasteiger charge is -2.05. The Labute approximate surface area is 116 Å². The molecule has 1 N–H and O–H groups in total. The van der Waals surface area contributed by atoms with Gasteiger partial charge in [-0.25, -0.2) is 0 Å². The highest BCUT2D eigenvalue weighted by atomic mass is 79.9. The van der Waals surface area contributed by atoms with Crippen LogP contribution in [0.25, 0.3) is 0 Å². The highest BCUT2D eigenvalue weighted by Gasteiger charge is 2.10. The monoisotopic (exact) mass is 330 g/mol. The van der Waals surface area contributed by atoms with Crippen LogP contribution in [-0.2, 0) is 6.54 Å². The Hall–Kier alpha value is -0.910. The van der Waals surface area contributed by atoms with Crippen molar-refractivity contribution >= 4 is 44.8 Å². The fourth-order valence-electron chi connectivity index (χ4n) is 1.27. The molecule has 0 bridgehead atoms. The van der Waals surface area contributed by atoms with E-state index in [-0.39, 0.29) is 5.91 Å².